The molecule has 1 amide bonds. The number of pyridine rings is 1. The predicted molar refractivity (Wildman–Crippen MR) is 74.1 cm³/mol. The van der Waals surface area contributed by atoms with Crippen molar-refractivity contribution in [2.75, 3.05) is 11.9 Å². The molecule has 0 atom stereocenters. The van der Waals surface area contributed by atoms with Crippen molar-refractivity contribution < 1.29 is 9.32 Å². The fourth-order valence-corrected chi connectivity index (χ4v) is 1.72. The van der Waals surface area contributed by atoms with E-state index in [1.54, 1.807) is 32.2 Å². The molecule has 0 aromatic carbocycles. The van der Waals surface area contributed by atoms with E-state index in [0.717, 1.165) is 5.56 Å². The normalized spacial score (nSPS) is 9.75. The molecule has 0 radical (unpaired) electrons. The molecule has 102 valence electrons. The van der Waals surface area contributed by atoms with Crippen LogP contribution in [0.4, 0.5) is 5.82 Å². The molecule has 0 spiro atoms. The van der Waals surface area contributed by atoms with Gasteiger partial charge in [0.1, 0.15) is 17.1 Å². The Balaban J connectivity index is 2.20. The second-order valence-electron chi connectivity index (χ2n) is 4.09. The maximum Gasteiger partial charge on any atom is 0.262 e. The Bertz CT molecular complexity index is 675. The molecule has 2 aromatic heterocycles. The summed E-state index contributed by atoms with van der Waals surface area (Å²) in [6.07, 6.45) is 1.57. The Hall–Kier alpha value is -2.65. The smallest absolute Gasteiger partial charge is 0.262 e. The SMILES string of the molecule is Cc1noc(C)c1C(=O)Nc1cc(C#CCN)ccn1. The average Bonchev–Trinajstić information content (AvgIpc) is 2.76. The molecule has 0 fully saturated rings. The fraction of sp³-hybridized carbons (Fsp3) is 0.214. The topological polar surface area (TPSA) is 94.0 Å². The summed E-state index contributed by atoms with van der Waals surface area (Å²) in [4.78, 5) is 16.2. The van der Waals surface area contributed by atoms with Gasteiger partial charge in [0, 0.05) is 11.8 Å². The zero-order valence-electron chi connectivity index (χ0n) is 11.2. The van der Waals surface area contributed by atoms with Gasteiger partial charge < -0.3 is 15.6 Å². The number of rotatable bonds is 2. The van der Waals surface area contributed by atoms with Gasteiger partial charge in [0.25, 0.3) is 5.91 Å². The van der Waals surface area contributed by atoms with E-state index < -0.39 is 0 Å². The van der Waals surface area contributed by atoms with Gasteiger partial charge in [0.05, 0.1) is 12.2 Å². The van der Waals surface area contributed by atoms with Gasteiger partial charge in [-0.25, -0.2) is 4.98 Å². The maximum atomic E-state index is 12.1. The molecule has 3 N–H and O–H groups in total. The number of hydrogen-bond acceptors (Lipinski definition) is 5. The van der Waals surface area contributed by atoms with Crippen molar-refractivity contribution in [3.05, 3.63) is 40.9 Å². The summed E-state index contributed by atoms with van der Waals surface area (Å²) < 4.78 is 4.96. The lowest BCUT2D eigenvalue weighted by Gasteiger charge is -2.04. The maximum absolute atomic E-state index is 12.1. The fourth-order valence-electron chi connectivity index (χ4n) is 1.72. The van der Waals surface area contributed by atoms with E-state index in [4.69, 9.17) is 10.3 Å². The number of aryl methyl sites for hydroxylation is 2. The van der Waals surface area contributed by atoms with Gasteiger partial charge in [0.15, 0.2) is 0 Å². The van der Waals surface area contributed by atoms with Crippen molar-refractivity contribution in [3.63, 3.8) is 0 Å². The quantitative estimate of drug-likeness (QED) is 0.801. The third-order valence-electron chi connectivity index (χ3n) is 2.60. The van der Waals surface area contributed by atoms with Crippen LogP contribution in [0.3, 0.4) is 0 Å². The van der Waals surface area contributed by atoms with Gasteiger partial charge in [-0.05, 0) is 26.0 Å². The highest BCUT2D eigenvalue weighted by Gasteiger charge is 2.17. The number of hydrogen-bond donors (Lipinski definition) is 2. The van der Waals surface area contributed by atoms with Crippen LogP contribution in [0.1, 0.15) is 27.4 Å². The molecule has 0 aliphatic heterocycles. The van der Waals surface area contributed by atoms with Crippen LogP contribution >= 0.6 is 0 Å². The molecular formula is C14H14N4O2. The van der Waals surface area contributed by atoms with Crippen molar-refractivity contribution in [1.29, 1.82) is 0 Å². The zero-order valence-corrected chi connectivity index (χ0v) is 11.2. The monoisotopic (exact) mass is 270 g/mol. The highest BCUT2D eigenvalue weighted by molar-refractivity contribution is 6.05. The lowest BCUT2D eigenvalue weighted by Crippen LogP contribution is -2.14. The lowest BCUT2D eigenvalue weighted by atomic mass is 10.2. The molecule has 0 unspecified atom stereocenters. The Morgan fingerprint density at radius 1 is 1.50 bits per heavy atom. The molecule has 2 heterocycles. The van der Waals surface area contributed by atoms with Crippen molar-refractivity contribution in [2.24, 2.45) is 5.73 Å². The lowest BCUT2D eigenvalue weighted by molar-refractivity contribution is 0.102. The summed E-state index contributed by atoms with van der Waals surface area (Å²) in [6.45, 7) is 3.68. The summed E-state index contributed by atoms with van der Waals surface area (Å²) in [5, 5.41) is 6.44. The van der Waals surface area contributed by atoms with Gasteiger partial charge >= 0.3 is 0 Å². The van der Waals surface area contributed by atoms with Gasteiger partial charge in [-0.2, -0.15) is 0 Å². The highest BCUT2D eigenvalue weighted by atomic mass is 16.5. The third-order valence-corrected chi connectivity index (χ3v) is 2.60. The second-order valence-corrected chi connectivity index (χ2v) is 4.09. The Morgan fingerprint density at radius 3 is 2.95 bits per heavy atom. The van der Waals surface area contributed by atoms with E-state index in [0.29, 0.717) is 22.8 Å². The van der Waals surface area contributed by atoms with Gasteiger partial charge in [0.2, 0.25) is 0 Å². The second kappa shape index (κ2) is 5.99. The first kappa shape index (κ1) is 13.8. The number of nitrogens with two attached hydrogens (primary N) is 1. The number of amides is 1. The molecule has 20 heavy (non-hydrogen) atoms. The summed E-state index contributed by atoms with van der Waals surface area (Å²) in [7, 11) is 0. The Kier molecular flexibility index (Phi) is 4.13. The van der Waals surface area contributed by atoms with E-state index in [2.05, 4.69) is 27.3 Å². The van der Waals surface area contributed by atoms with Gasteiger partial charge in [-0.15, -0.1) is 0 Å². The first-order valence-corrected chi connectivity index (χ1v) is 6.01. The third kappa shape index (κ3) is 3.02. The molecular weight excluding hydrogens is 256 g/mol. The first-order valence-electron chi connectivity index (χ1n) is 6.01. The van der Waals surface area contributed by atoms with E-state index in [-0.39, 0.29) is 12.5 Å². The van der Waals surface area contributed by atoms with Crippen molar-refractivity contribution >= 4 is 11.7 Å². The Morgan fingerprint density at radius 2 is 2.30 bits per heavy atom. The van der Waals surface area contributed by atoms with Crippen LogP contribution in [0.15, 0.2) is 22.9 Å². The molecule has 0 bridgehead atoms. The zero-order chi connectivity index (χ0) is 14.5. The van der Waals surface area contributed by atoms with Crippen LogP contribution in [0.25, 0.3) is 0 Å². The number of anilines is 1. The summed E-state index contributed by atoms with van der Waals surface area (Å²) >= 11 is 0. The van der Waals surface area contributed by atoms with Gasteiger partial charge in [-0.3, -0.25) is 4.79 Å². The molecule has 0 saturated heterocycles. The molecule has 0 aliphatic rings. The van der Waals surface area contributed by atoms with Gasteiger partial charge in [-0.1, -0.05) is 17.0 Å². The van der Waals surface area contributed by atoms with Crippen LogP contribution < -0.4 is 11.1 Å². The first-order chi connectivity index (χ1) is 9.61. The minimum Gasteiger partial charge on any atom is -0.361 e. The number of carbonyl (C=O) groups is 1. The van der Waals surface area contributed by atoms with E-state index >= 15 is 0 Å². The number of nitrogens with zero attached hydrogens (tertiary/aromatic N) is 2. The molecule has 6 heteroatoms. The average molecular weight is 270 g/mol. The molecule has 2 aromatic rings. The molecule has 0 saturated carbocycles. The largest absolute Gasteiger partial charge is 0.361 e. The van der Waals surface area contributed by atoms with Crippen molar-refractivity contribution in [1.82, 2.24) is 10.1 Å². The molecule has 2 rings (SSSR count). The summed E-state index contributed by atoms with van der Waals surface area (Å²) in [5.74, 6) is 6.20. The Labute approximate surface area is 116 Å². The van der Waals surface area contributed by atoms with E-state index in [9.17, 15) is 4.79 Å². The standard InChI is InChI=1S/C14H14N4O2/c1-9-13(10(2)20-18-9)14(19)17-12-8-11(4-3-6-15)5-7-16-12/h5,7-8H,6,15H2,1-2H3,(H,16,17,19). The minimum atomic E-state index is -0.308. The van der Waals surface area contributed by atoms with E-state index in [1.807, 2.05) is 0 Å². The highest BCUT2D eigenvalue weighted by Crippen LogP contribution is 2.14. The van der Waals surface area contributed by atoms with Crippen LogP contribution in [0.2, 0.25) is 0 Å². The minimum absolute atomic E-state index is 0.281. The van der Waals surface area contributed by atoms with Crippen molar-refractivity contribution in [2.45, 2.75) is 13.8 Å². The number of carbonyl (C=O) groups excluding carboxylic acids is 1. The summed E-state index contributed by atoms with van der Waals surface area (Å²) in [5.41, 5.74) is 7.01. The van der Waals surface area contributed by atoms with Crippen molar-refractivity contribution in [3.8, 4) is 11.8 Å². The number of nitrogens with one attached hydrogen (secondary N) is 1. The summed E-state index contributed by atoms with van der Waals surface area (Å²) in [6, 6.07) is 3.42. The van der Waals surface area contributed by atoms with E-state index in [1.165, 1.54) is 0 Å². The van der Waals surface area contributed by atoms with Crippen LogP contribution in [0, 0.1) is 25.7 Å². The molecule has 6 nitrogen and oxygen atoms in total. The number of aromatic nitrogens is 2. The van der Waals surface area contributed by atoms with Crippen LogP contribution in [-0.4, -0.2) is 22.6 Å². The predicted octanol–water partition coefficient (Wildman–Crippen LogP) is 1.25. The van der Waals surface area contributed by atoms with Crippen LogP contribution in [-0.2, 0) is 0 Å². The van der Waals surface area contributed by atoms with Crippen LogP contribution in [0.5, 0.6) is 0 Å². The molecule has 0 aliphatic carbocycles.